The number of hydrogen-bond donors (Lipinski definition) is 1. The molecule has 1 aromatic rings. The van der Waals surface area contributed by atoms with E-state index in [0.717, 1.165) is 11.3 Å². The molecule has 0 spiro atoms. The van der Waals surface area contributed by atoms with E-state index in [2.05, 4.69) is 5.92 Å². The molecule has 0 fully saturated rings. The summed E-state index contributed by atoms with van der Waals surface area (Å²) in [6, 6.07) is 7.59. The molecule has 1 aromatic carbocycles. The highest BCUT2D eigenvalue weighted by molar-refractivity contribution is 5.39. The molecule has 0 aliphatic carbocycles. The third-order valence-corrected chi connectivity index (χ3v) is 1.29. The van der Waals surface area contributed by atoms with Gasteiger partial charge >= 0.3 is 0 Å². The van der Waals surface area contributed by atoms with Crippen LogP contribution in [0.3, 0.4) is 0 Å². The minimum absolute atomic E-state index is 0.681. The molecule has 0 bridgehead atoms. The van der Waals surface area contributed by atoms with Crippen LogP contribution in [0.4, 0.5) is 5.69 Å². The summed E-state index contributed by atoms with van der Waals surface area (Å²) in [5.74, 6) is 2.56. The highest BCUT2D eigenvalue weighted by Gasteiger charge is 1.87. The zero-order valence-corrected chi connectivity index (χ0v) is 5.67. The first-order chi connectivity index (χ1) is 4.83. The molecule has 0 unspecified atom stereocenters. The standard InChI is InChI=1S/C9H9N/c1-2-3-8-4-6-9(10)7-5-8/h1,4-7H,3,10H2. The van der Waals surface area contributed by atoms with Gasteiger partial charge in [-0.2, -0.15) is 0 Å². The van der Waals surface area contributed by atoms with Crippen molar-refractivity contribution < 1.29 is 0 Å². The molecule has 0 aliphatic heterocycles. The number of benzene rings is 1. The molecule has 0 radical (unpaired) electrons. The molecule has 1 nitrogen and oxygen atoms in total. The fraction of sp³-hybridized carbons (Fsp3) is 0.111. The van der Waals surface area contributed by atoms with E-state index >= 15 is 0 Å². The Morgan fingerprint density at radius 3 is 2.40 bits per heavy atom. The second-order valence-corrected chi connectivity index (χ2v) is 2.12. The Balaban J connectivity index is 2.81. The summed E-state index contributed by atoms with van der Waals surface area (Å²) < 4.78 is 0. The van der Waals surface area contributed by atoms with E-state index in [0.29, 0.717) is 6.42 Å². The molecule has 0 aliphatic rings. The fourth-order valence-electron chi connectivity index (χ4n) is 0.753. The van der Waals surface area contributed by atoms with Crippen molar-refractivity contribution in [1.29, 1.82) is 0 Å². The van der Waals surface area contributed by atoms with E-state index in [1.54, 1.807) is 0 Å². The van der Waals surface area contributed by atoms with Gasteiger partial charge in [0.25, 0.3) is 0 Å². The quantitative estimate of drug-likeness (QED) is 0.453. The minimum atomic E-state index is 0.681. The maximum absolute atomic E-state index is 5.47. The fourth-order valence-corrected chi connectivity index (χ4v) is 0.753. The van der Waals surface area contributed by atoms with Crippen LogP contribution in [0.1, 0.15) is 5.56 Å². The maximum atomic E-state index is 5.47. The molecule has 0 heterocycles. The van der Waals surface area contributed by atoms with E-state index in [1.807, 2.05) is 24.3 Å². The van der Waals surface area contributed by atoms with Crippen molar-refractivity contribution in [3.8, 4) is 12.3 Å². The van der Waals surface area contributed by atoms with E-state index in [1.165, 1.54) is 0 Å². The van der Waals surface area contributed by atoms with Crippen molar-refractivity contribution in [3.63, 3.8) is 0 Å². The molecular formula is C9H9N. The van der Waals surface area contributed by atoms with Gasteiger partial charge in [0.2, 0.25) is 0 Å². The summed E-state index contributed by atoms with van der Waals surface area (Å²) >= 11 is 0. The first-order valence-corrected chi connectivity index (χ1v) is 3.11. The van der Waals surface area contributed by atoms with Gasteiger partial charge in [-0.05, 0) is 17.7 Å². The van der Waals surface area contributed by atoms with Crippen LogP contribution in [0.25, 0.3) is 0 Å². The highest BCUT2D eigenvalue weighted by Crippen LogP contribution is 2.04. The van der Waals surface area contributed by atoms with Crippen molar-refractivity contribution in [2.24, 2.45) is 0 Å². The zero-order chi connectivity index (χ0) is 7.40. The first kappa shape index (κ1) is 6.70. The molecular weight excluding hydrogens is 122 g/mol. The molecule has 50 valence electrons. The number of nitrogen functional groups attached to an aromatic ring is 1. The zero-order valence-electron chi connectivity index (χ0n) is 5.67. The van der Waals surface area contributed by atoms with Crippen molar-refractivity contribution in [1.82, 2.24) is 0 Å². The number of nitrogens with two attached hydrogens (primary N) is 1. The van der Waals surface area contributed by atoms with Crippen LogP contribution in [0, 0.1) is 12.3 Å². The monoisotopic (exact) mass is 131 g/mol. The van der Waals surface area contributed by atoms with Crippen molar-refractivity contribution in [2.75, 3.05) is 5.73 Å². The van der Waals surface area contributed by atoms with E-state index < -0.39 is 0 Å². The second kappa shape index (κ2) is 2.93. The lowest BCUT2D eigenvalue weighted by Crippen LogP contribution is -1.85. The van der Waals surface area contributed by atoms with Gasteiger partial charge in [-0.3, -0.25) is 0 Å². The molecule has 0 atom stereocenters. The summed E-state index contributed by atoms with van der Waals surface area (Å²) in [7, 11) is 0. The van der Waals surface area contributed by atoms with Gasteiger partial charge < -0.3 is 5.73 Å². The highest BCUT2D eigenvalue weighted by atomic mass is 14.5. The average Bonchev–Trinajstić information content (AvgIpc) is 1.95. The SMILES string of the molecule is C#CCc1ccc(N)cc1. The van der Waals surface area contributed by atoms with Crippen LogP contribution in [-0.2, 0) is 6.42 Å². The number of rotatable bonds is 1. The van der Waals surface area contributed by atoms with Gasteiger partial charge in [-0.25, -0.2) is 0 Å². The van der Waals surface area contributed by atoms with Gasteiger partial charge in [0.15, 0.2) is 0 Å². The Hall–Kier alpha value is -1.42. The van der Waals surface area contributed by atoms with Crippen LogP contribution in [-0.4, -0.2) is 0 Å². The van der Waals surface area contributed by atoms with E-state index in [9.17, 15) is 0 Å². The molecule has 0 aromatic heterocycles. The molecule has 0 saturated carbocycles. The molecule has 1 heteroatoms. The van der Waals surface area contributed by atoms with Gasteiger partial charge in [-0.1, -0.05) is 12.1 Å². The lowest BCUT2D eigenvalue weighted by atomic mass is 10.1. The summed E-state index contributed by atoms with van der Waals surface area (Å²) in [6.07, 6.45) is 5.80. The summed E-state index contributed by atoms with van der Waals surface area (Å²) in [5.41, 5.74) is 7.39. The summed E-state index contributed by atoms with van der Waals surface area (Å²) in [6.45, 7) is 0. The third kappa shape index (κ3) is 1.53. The molecule has 2 N–H and O–H groups in total. The largest absolute Gasteiger partial charge is 0.399 e. The van der Waals surface area contributed by atoms with Gasteiger partial charge in [-0.15, -0.1) is 12.3 Å². The Bertz CT molecular complexity index is 240. The van der Waals surface area contributed by atoms with Crippen molar-refractivity contribution in [3.05, 3.63) is 29.8 Å². The predicted molar refractivity (Wildman–Crippen MR) is 43.4 cm³/mol. The minimum Gasteiger partial charge on any atom is -0.399 e. The molecule has 1 rings (SSSR count). The lowest BCUT2D eigenvalue weighted by Gasteiger charge is -1.94. The van der Waals surface area contributed by atoms with Gasteiger partial charge in [0.05, 0.1) is 0 Å². The first-order valence-electron chi connectivity index (χ1n) is 3.11. The summed E-state index contributed by atoms with van der Waals surface area (Å²) in [5, 5.41) is 0. The molecule has 10 heavy (non-hydrogen) atoms. The molecule has 0 amide bonds. The van der Waals surface area contributed by atoms with Gasteiger partial charge in [0, 0.05) is 12.1 Å². The van der Waals surface area contributed by atoms with Crippen molar-refractivity contribution in [2.45, 2.75) is 6.42 Å². The Morgan fingerprint density at radius 1 is 1.30 bits per heavy atom. The van der Waals surface area contributed by atoms with Crippen LogP contribution in [0.5, 0.6) is 0 Å². The normalized spacial score (nSPS) is 8.70. The Morgan fingerprint density at radius 2 is 1.90 bits per heavy atom. The number of hydrogen-bond acceptors (Lipinski definition) is 1. The van der Waals surface area contributed by atoms with E-state index in [4.69, 9.17) is 12.2 Å². The van der Waals surface area contributed by atoms with Crippen LogP contribution < -0.4 is 5.73 Å². The van der Waals surface area contributed by atoms with E-state index in [-0.39, 0.29) is 0 Å². The predicted octanol–water partition coefficient (Wildman–Crippen LogP) is 1.44. The maximum Gasteiger partial charge on any atom is 0.0337 e. The third-order valence-electron chi connectivity index (χ3n) is 1.29. The lowest BCUT2D eigenvalue weighted by molar-refractivity contribution is 1.32. The summed E-state index contributed by atoms with van der Waals surface area (Å²) in [4.78, 5) is 0. The Labute approximate surface area is 60.9 Å². The average molecular weight is 131 g/mol. The molecule has 0 saturated heterocycles. The van der Waals surface area contributed by atoms with Crippen LogP contribution in [0.2, 0.25) is 0 Å². The topological polar surface area (TPSA) is 26.0 Å². The van der Waals surface area contributed by atoms with Crippen LogP contribution >= 0.6 is 0 Å². The Kier molecular flexibility index (Phi) is 1.96. The number of anilines is 1. The van der Waals surface area contributed by atoms with Crippen molar-refractivity contribution >= 4 is 5.69 Å². The van der Waals surface area contributed by atoms with Crippen LogP contribution in [0.15, 0.2) is 24.3 Å². The second-order valence-electron chi connectivity index (χ2n) is 2.12. The van der Waals surface area contributed by atoms with Gasteiger partial charge in [0.1, 0.15) is 0 Å². The number of terminal acetylenes is 1. The smallest absolute Gasteiger partial charge is 0.0337 e.